The molecule has 0 amide bonds. The fraction of sp³-hybridized carbons (Fsp3) is 0.600. The molecule has 0 heterocycles. The molecule has 0 bridgehead atoms. The first kappa shape index (κ1) is 9.48. The second-order valence-corrected chi connectivity index (χ2v) is 2.42. The number of unbranched alkanes of at least 4 members (excludes halogenated alkanes) is 4. The highest BCUT2D eigenvalue weighted by Gasteiger charge is 1.82. The van der Waals surface area contributed by atoms with Crippen molar-refractivity contribution in [3.8, 4) is 0 Å². The highest BCUT2D eigenvalue weighted by Crippen LogP contribution is 2.02. The standard InChI is InChI=1S/C10H17/c1-3-5-7-9-10-8-6-4-2/h3,7H,1,4,6,8-10H2,2H3. The molecule has 0 atom stereocenters. The molecule has 1 radical (unpaired) electrons. The van der Waals surface area contributed by atoms with Crippen LogP contribution in [-0.2, 0) is 0 Å². The van der Waals surface area contributed by atoms with Crippen LogP contribution in [0.1, 0.15) is 39.0 Å². The molecule has 0 spiro atoms. The molecule has 0 aliphatic rings. The summed E-state index contributed by atoms with van der Waals surface area (Å²) in [6.45, 7) is 5.78. The summed E-state index contributed by atoms with van der Waals surface area (Å²) in [5, 5.41) is 0. The summed E-state index contributed by atoms with van der Waals surface area (Å²) >= 11 is 0. The van der Waals surface area contributed by atoms with Gasteiger partial charge in [-0.15, -0.1) is 0 Å². The molecule has 0 saturated carbocycles. The van der Waals surface area contributed by atoms with Gasteiger partial charge in [0.05, 0.1) is 0 Å². The predicted molar refractivity (Wildman–Crippen MR) is 46.8 cm³/mol. The van der Waals surface area contributed by atoms with Gasteiger partial charge < -0.3 is 0 Å². The maximum absolute atomic E-state index is 3.55. The Morgan fingerprint density at radius 1 is 1.30 bits per heavy atom. The van der Waals surface area contributed by atoms with Gasteiger partial charge in [0.25, 0.3) is 0 Å². The van der Waals surface area contributed by atoms with E-state index >= 15 is 0 Å². The maximum Gasteiger partial charge on any atom is -0.0233 e. The molecule has 0 aromatic heterocycles. The summed E-state index contributed by atoms with van der Waals surface area (Å²) in [4.78, 5) is 0. The lowest BCUT2D eigenvalue weighted by molar-refractivity contribution is 0.674. The van der Waals surface area contributed by atoms with Gasteiger partial charge in [0.1, 0.15) is 0 Å². The minimum Gasteiger partial charge on any atom is -0.0985 e. The van der Waals surface area contributed by atoms with Gasteiger partial charge in [-0.1, -0.05) is 44.9 Å². The zero-order valence-corrected chi connectivity index (χ0v) is 6.90. The second-order valence-electron chi connectivity index (χ2n) is 2.42. The molecule has 0 rings (SSSR count). The first-order valence-electron chi connectivity index (χ1n) is 4.10. The van der Waals surface area contributed by atoms with Crippen molar-refractivity contribution in [3.63, 3.8) is 0 Å². The molecule has 0 nitrogen and oxygen atoms in total. The molecular weight excluding hydrogens is 120 g/mol. The van der Waals surface area contributed by atoms with Crippen LogP contribution in [-0.4, -0.2) is 0 Å². The number of hydrogen-bond donors (Lipinski definition) is 0. The highest BCUT2D eigenvalue weighted by atomic mass is 13.9. The van der Waals surface area contributed by atoms with E-state index in [0.29, 0.717) is 0 Å². The van der Waals surface area contributed by atoms with Crippen LogP contribution >= 0.6 is 0 Å². The van der Waals surface area contributed by atoms with E-state index in [1.807, 2.05) is 0 Å². The van der Waals surface area contributed by atoms with Crippen molar-refractivity contribution in [3.05, 3.63) is 24.8 Å². The van der Waals surface area contributed by atoms with E-state index in [-0.39, 0.29) is 0 Å². The van der Waals surface area contributed by atoms with E-state index < -0.39 is 0 Å². The molecular formula is C10H17. The Morgan fingerprint density at radius 3 is 2.70 bits per heavy atom. The van der Waals surface area contributed by atoms with Gasteiger partial charge in [0, 0.05) is 0 Å². The van der Waals surface area contributed by atoms with E-state index in [2.05, 4.69) is 25.7 Å². The Bertz CT molecular complexity index is 90.2. The van der Waals surface area contributed by atoms with Crippen LogP contribution in [0.3, 0.4) is 0 Å². The van der Waals surface area contributed by atoms with E-state index in [1.165, 1.54) is 25.7 Å². The van der Waals surface area contributed by atoms with Crippen molar-refractivity contribution in [1.29, 1.82) is 0 Å². The summed E-state index contributed by atoms with van der Waals surface area (Å²) < 4.78 is 0. The molecule has 0 saturated heterocycles. The number of rotatable bonds is 6. The molecule has 0 unspecified atom stereocenters. The Hall–Kier alpha value is -0.520. The largest absolute Gasteiger partial charge is 0.0985 e. The van der Waals surface area contributed by atoms with Crippen LogP contribution in [0.5, 0.6) is 0 Å². The highest BCUT2D eigenvalue weighted by molar-refractivity contribution is 4.87. The third kappa shape index (κ3) is 7.48. The normalized spacial score (nSPS) is 10.5. The van der Waals surface area contributed by atoms with Crippen LogP contribution in [0.15, 0.2) is 18.7 Å². The molecule has 0 aromatic carbocycles. The van der Waals surface area contributed by atoms with E-state index in [4.69, 9.17) is 0 Å². The number of allylic oxidation sites excluding steroid dienone is 3. The van der Waals surface area contributed by atoms with Gasteiger partial charge in [-0.2, -0.15) is 0 Å². The van der Waals surface area contributed by atoms with Crippen LogP contribution in [0.4, 0.5) is 0 Å². The zero-order valence-electron chi connectivity index (χ0n) is 6.90. The average Bonchev–Trinajstić information content (AvgIpc) is 1.97. The molecule has 0 aliphatic heterocycles. The van der Waals surface area contributed by atoms with Crippen molar-refractivity contribution in [1.82, 2.24) is 0 Å². The van der Waals surface area contributed by atoms with Crippen molar-refractivity contribution in [2.45, 2.75) is 39.0 Å². The lowest BCUT2D eigenvalue weighted by atomic mass is 10.1. The summed E-state index contributed by atoms with van der Waals surface area (Å²) in [6.07, 6.45) is 13.2. The lowest BCUT2D eigenvalue weighted by Gasteiger charge is -1.92. The van der Waals surface area contributed by atoms with Crippen LogP contribution in [0, 0.1) is 6.08 Å². The minimum absolute atomic E-state index is 1.16. The fourth-order valence-electron chi connectivity index (χ4n) is 0.840. The van der Waals surface area contributed by atoms with Crippen LogP contribution in [0.25, 0.3) is 0 Å². The topological polar surface area (TPSA) is 0 Å². The van der Waals surface area contributed by atoms with Gasteiger partial charge in [-0.25, -0.2) is 0 Å². The number of hydrogen-bond acceptors (Lipinski definition) is 0. The summed E-state index contributed by atoms with van der Waals surface area (Å²) in [5.41, 5.74) is 0. The fourth-order valence-corrected chi connectivity index (χ4v) is 0.840. The zero-order chi connectivity index (χ0) is 7.66. The van der Waals surface area contributed by atoms with Gasteiger partial charge in [0.2, 0.25) is 0 Å². The summed E-state index contributed by atoms with van der Waals surface area (Å²) in [5.74, 6) is 0. The smallest absolute Gasteiger partial charge is 0.0233 e. The third-order valence-corrected chi connectivity index (χ3v) is 1.44. The van der Waals surface area contributed by atoms with E-state index in [1.54, 1.807) is 6.08 Å². The Morgan fingerprint density at radius 2 is 2.10 bits per heavy atom. The van der Waals surface area contributed by atoms with Gasteiger partial charge >= 0.3 is 0 Å². The Labute approximate surface area is 64.6 Å². The van der Waals surface area contributed by atoms with E-state index in [0.717, 1.165) is 6.42 Å². The molecule has 0 fully saturated rings. The predicted octanol–water partition coefficient (Wildman–Crippen LogP) is 3.50. The van der Waals surface area contributed by atoms with Gasteiger partial charge in [-0.05, 0) is 18.9 Å². The first-order valence-corrected chi connectivity index (χ1v) is 4.10. The van der Waals surface area contributed by atoms with Crippen LogP contribution < -0.4 is 0 Å². The third-order valence-electron chi connectivity index (χ3n) is 1.44. The van der Waals surface area contributed by atoms with Crippen molar-refractivity contribution < 1.29 is 0 Å². The maximum atomic E-state index is 3.55. The van der Waals surface area contributed by atoms with Crippen molar-refractivity contribution in [2.75, 3.05) is 0 Å². The first-order chi connectivity index (χ1) is 4.91. The quantitative estimate of drug-likeness (QED) is 0.388. The van der Waals surface area contributed by atoms with Crippen molar-refractivity contribution in [2.24, 2.45) is 0 Å². The second kappa shape index (κ2) is 8.48. The van der Waals surface area contributed by atoms with Crippen molar-refractivity contribution >= 4 is 0 Å². The Balaban J connectivity index is 2.90. The molecule has 10 heavy (non-hydrogen) atoms. The lowest BCUT2D eigenvalue weighted by Crippen LogP contribution is -1.72. The molecule has 57 valence electrons. The molecule has 0 N–H and O–H groups in total. The SMILES string of the molecule is C=C/[C]=C/CCCCCC. The monoisotopic (exact) mass is 137 g/mol. The van der Waals surface area contributed by atoms with Gasteiger partial charge in [0.15, 0.2) is 0 Å². The minimum atomic E-state index is 1.16. The average molecular weight is 137 g/mol. The molecule has 0 aromatic rings. The van der Waals surface area contributed by atoms with Crippen LogP contribution in [0.2, 0.25) is 0 Å². The summed E-state index contributed by atoms with van der Waals surface area (Å²) in [7, 11) is 0. The summed E-state index contributed by atoms with van der Waals surface area (Å²) in [6, 6.07) is 0. The Kier molecular flexibility index (Phi) is 8.04. The van der Waals surface area contributed by atoms with Gasteiger partial charge in [-0.3, -0.25) is 0 Å². The van der Waals surface area contributed by atoms with E-state index in [9.17, 15) is 0 Å². The molecule has 0 heteroatoms. The molecule has 0 aliphatic carbocycles.